The number of allylic oxidation sites excluding steroid dienone is 1. The van der Waals surface area contributed by atoms with Gasteiger partial charge in [0.2, 0.25) is 0 Å². The van der Waals surface area contributed by atoms with Crippen LogP contribution in [0.3, 0.4) is 0 Å². The minimum atomic E-state index is -0.986. The van der Waals surface area contributed by atoms with Crippen molar-refractivity contribution in [1.82, 2.24) is 0 Å². The van der Waals surface area contributed by atoms with Crippen LogP contribution in [0.2, 0.25) is 0 Å². The van der Waals surface area contributed by atoms with E-state index in [1.807, 2.05) is 6.92 Å². The van der Waals surface area contributed by atoms with E-state index < -0.39 is 12.1 Å². The van der Waals surface area contributed by atoms with E-state index in [-0.39, 0.29) is 5.57 Å². The number of ether oxygens (including phenoxy) is 1. The average Bonchev–Trinajstić information content (AvgIpc) is 2.24. The number of nitrogens with two attached hydrogens (primary N) is 1. The maximum absolute atomic E-state index is 10.4. The van der Waals surface area contributed by atoms with Crippen LogP contribution in [0.4, 0.5) is 4.79 Å². The number of rotatable bonds is 5. The molecule has 0 aromatic heterocycles. The van der Waals surface area contributed by atoms with Crippen molar-refractivity contribution in [3.05, 3.63) is 11.6 Å². The standard InChI is InChI=1S/C8H11NO2.C3H7NO2/c1-2-3-4-7(5-6-9)8(10)11;1-2-6-3(4)5/h5H,2-4H2,1H3,(H,10,11);2H2,1H3,(H2,4,5). The molecule has 0 radical (unpaired) electrons. The Hall–Kier alpha value is -2.03. The van der Waals surface area contributed by atoms with Crippen LogP contribution in [0.5, 0.6) is 0 Å². The molecule has 96 valence electrons. The highest BCUT2D eigenvalue weighted by atomic mass is 16.5. The van der Waals surface area contributed by atoms with Crippen molar-refractivity contribution < 1.29 is 19.4 Å². The zero-order valence-electron chi connectivity index (χ0n) is 10.1. The summed E-state index contributed by atoms with van der Waals surface area (Å²) in [4.78, 5) is 20.0. The number of primary amides is 1. The average molecular weight is 242 g/mol. The van der Waals surface area contributed by atoms with Gasteiger partial charge in [-0.1, -0.05) is 13.3 Å². The molecule has 0 atom stereocenters. The normalized spacial score (nSPS) is 9.59. The summed E-state index contributed by atoms with van der Waals surface area (Å²) in [5.41, 5.74) is 4.74. The number of unbranched alkanes of at least 4 members (excludes halogenated alkanes) is 1. The molecule has 0 saturated heterocycles. The van der Waals surface area contributed by atoms with E-state index in [1.165, 1.54) is 0 Å². The highest BCUT2D eigenvalue weighted by molar-refractivity contribution is 5.87. The van der Waals surface area contributed by atoms with E-state index >= 15 is 0 Å². The second kappa shape index (κ2) is 12.0. The van der Waals surface area contributed by atoms with Gasteiger partial charge in [-0.25, -0.2) is 9.59 Å². The zero-order chi connectivity index (χ0) is 13.7. The number of amides is 1. The lowest BCUT2D eigenvalue weighted by atomic mass is 10.1. The number of carbonyl (C=O) groups excluding carboxylic acids is 1. The van der Waals surface area contributed by atoms with Gasteiger partial charge in [0.1, 0.15) is 0 Å². The summed E-state index contributed by atoms with van der Waals surface area (Å²) in [5.74, 6) is -0.986. The van der Waals surface area contributed by atoms with Crippen LogP contribution < -0.4 is 5.73 Å². The molecular weight excluding hydrogens is 224 g/mol. The SMILES string of the molecule is CCCCC(=CC#N)C(=O)O.CCOC(N)=O. The Morgan fingerprint density at radius 1 is 1.47 bits per heavy atom. The third-order valence-corrected chi connectivity index (χ3v) is 1.60. The van der Waals surface area contributed by atoms with Gasteiger partial charge >= 0.3 is 12.1 Å². The molecule has 0 aliphatic rings. The maximum atomic E-state index is 10.4. The number of aliphatic carboxylic acids is 1. The number of carbonyl (C=O) groups is 2. The Balaban J connectivity index is 0. The summed E-state index contributed by atoms with van der Waals surface area (Å²) in [6.07, 6.45) is 2.63. The third kappa shape index (κ3) is 14.0. The van der Waals surface area contributed by atoms with Gasteiger partial charge in [-0.2, -0.15) is 5.26 Å². The Morgan fingerprint density at radius 3 is 2.29 bits per heavy atom. The quantitative estimate of drug-likeness (QED) is 0.563. The molecule has 1 amide bonds. The van der Waals surface area contributed by atoms with Gasteiger partial charge in [0.25, 0.3) is 0 Å². The summed E-state index contributed by atoms with van der Waals surface area (Å²) in [6.45, 7) is 4.03. The van der Waals surface area contributed by atoms with Crippen LogP contribution in [0.1, 0.15) is 33.1 Å². The number of hydrogen-bond donors (Lipinski definition) is 2. The van der Waals surface area contributed by atoms with Gasteiger partial charge in [-0.15, -0.1) is 0 Å². The van der Waals surface area contributed by atoms with Crippen LogP contribution in [-0.4, -0.2) is 23.8 Å². The lowest BCUT2D eigenvalue weighted by Crippen LogP contribution is -2.11. The van der Waals surface area contributed by atoms with Crippen LogP contribution >= 0.6 is 0 Å². The van der Waals surface area contributed by atoms with Crippen molar-refractivity contribution >= 4 is 12.1 Å². The first kappa shape index (κ1) is 17.4. The molecule has 0 aliphatic carbocycles. The highest BCUT2D eigenvalue weighted by Gasteiger charge is 2.04. The number of hydrogen-bond acceptors (Lipinski definition) is 4. The molecule has 0 saturated carbocycles. The Labute approximate surface area is 101 Å². The van der Waals surface area contributed by atoms with Gasteiger partial charge in [-0.05, 0) is 19.8 Å². The molecule has 17 heavy (non-hydrogen) atoms. The van der Waals surface area contributed by atoms with Crippen molar-refractivity contribution in [1.29, 1.82) is 5.26 Å². The molecule has 0 aromatic carbocycles. The summed E-state index contributed by atoms with van der Waals surface area (Å²) in [7, 11) is 0. The van der Waals surface area contributed by atoms with Crippen molar-refractivity contribution in [3.63, 3.8) is 0 Å². The lowest BCUT2D eigenvalue weighted by molar-refractivity contribution is -0.132. The van der Waals surface area contributed by atoms with Crippen LogP contribution in [0.15, 0.2) is 11.6 Å². The predicted octanol–water partition coefficient (Wildman–Crippen LogP) is 1.81. The van der Waals surface area contributed by atoms with E-state index in [1.54, 1.807) is 13.0 Å². The van der Waals surface area contributed by atoms with E-state index in [9.17, 15) is 9.59 Å². The summed E-state index contributed by atoms with van der Waals surface area (Å²) in [6, 6.07) is 1.72. The fourth-order valence-electron chi connectivity index (χ4n) is 0.828. The van der Waals surface area contributed by atoms with Crippen molar-refractivity contribution in [3.8, 4) is 6.07 Å². The molecule has 0 spiro atoms. The number of nitriles is 1. The minimum absolute atomic E-state index is 0.203. The van der Waals surface area contributed by atoms with Crippen molar-refractivity contribution in [2.24, 2.45) is 5.73 Å². The van der Waals surface area contributed by atoms with E-state index in [4.69, 9.17) is 10.4 Å². The van der Waals surface area contributed by atoms with Crippen molar-refractivity contribution in [2.75, 3.05) is 6.61 Å². The summed E-state index contributed by atoms with van der Waals surface area (Å²) >= 11 is 0. The summed E-state index contributed by atoms with van der Waals surface area (Å²) in [5, 5.41) is 16.7. The molecular formula is C11H18N2O4. The van der Waals surface area contributed by atoms with E-state index in [2.05, 4.69) is 10.5 Å². The van der Waals surface area contributed by atoms with Crippen LogP contribution in [-0.2, 0) is 9.53 Å². The Kier molecular flexibility index (Phi) is 12.3. The van der Waals surface area contributed by atoms with E-state index in [0.29, 0.717) is 13.0 Å². The predicted molar refractivity (Wildman–Crippen MR) is 62.1 cm³/mol. The second-order valence-corrected chi connectivity index (χ2v) is 2.96. The van der Waals surface area contributed by atoms with Gasteiger partial charge in [0, 0.05) is 11.6 Å². The number of carboxylic acid groups (broad SMARTS) is 1. The smallest absolute Gasteiger partial charge is 0.404 e. The topological polar surface area (TPSA) is 113 Å². The first-order chi connectivity index (χ1) is 7.99. The second-order valence-electron chi connectivity index (χ2n) is 2.96. The molecule has 0 fully saturated rings. The molecule has 0 rings (SSSR count). The molecule has 6 nitrogen and oxygen atoms in total. The maximum Gasteiger partial charge on any atom is 0.404 e. The molecule has 0 aromatic rings. The van der Waals surface area contributed by atoms with Crippen LogP contribution in [0, 0.1) is 11.3 Å². The molecule has 0 aliphatic heterocycles. The number of carboxylic acids is 1. The third-order valence-electron chi connectivity index (χ3n) is 1.60. The molecule has 6 heteroatoms. The minimum Gasteiger partial charge on any atom is -0.478 e. The molecule has 0 heterocycles. The number of nitrogens with zero attached hydrogens (tertiary/aromatic N) is 1. The first-order valence-corrected chi connectivity index (χ1v) is 5.23. The van der Waals surface area contributed by atoms with Gasteiger partial charge in [-0.3, -0.25) is 0 Å². The van der Waals surface area contributed by atoms with Gasteiger partial charge in [0.15, 0.2) is 0 Å². The fraction of sp³-hybridized carbons (Fsp3) is 0.545. The summed E-state index contributed by atoms with van der Waals surface area (Å²) < 4.78 is 4.18. The zero-order valence-corrected chi connectivity index (χ0v) is 10.1. The van der Waals surface area contributed by atoms with Crippen molar-refractivity contribution in [2.45, 2.75) is 33.1 Å². The monoisotopic (exact) mass is 242 g/mol. The first-order valence-electron chi connectivity index (χ1n) is 5.23. The molecule has 0 bridgehead atoms. The van der Waals surface area contributed by atoms with Gasteiger partial charge in [0.05, 0.1) is 12.7 Å². The largest absolute Gasteiger partial charge is 0.478 e. The highest BCUT2D eigenvalue weighted by Crippen LogP contribution is 2.06. The van der Waals surface area contributed by atoms with Gasteiger partial charge < -0.3 is 15.6 Å². The molecule has 3 N–H and O–H groups in total. The lowest BCUT2D eigenvalue weighted by Gasteiger charge is -1.96. The fourth-order valence-corrected chi connectivity index (χ4v) is 0.828. The Morgan fingerprint density at radius 2 is 2.06 bits per heavy atom. The molecule has 0 unspecified atom stereocenters. The van der Waals surface area contributed by atoms with E-state index in [0.717, 1.165) is 18.9 Å². The van der Waals surface area contributed by atoms with Crippen LogP contribution in [0.25, 0.3) is 0 Å². The Bertz CT molecular complexity index is 305.